The fourth-order valence-corrected chi connectivity index (χ4v) is 10.0. The third-order valence-electron chi connectivity index (χ3n) is 12.0. The Balaban J connectivity index is 1.79. The van der Waals surface area contributed by atoms with Crippen LogP contribution in [0.15, 0.2) is 41.4 Å². The molecule has 6 N–H and O–H groups in total. The molecule has 1 aromatic rings. The van der Waals surface area contributed by atoms with Crippen LogP contribution in [0.1, 0.15) is 207 Å². The summed E-state index contributed by atoms with van der Waals surface area (Å²) >= 11 is 0. The van der Waals surface area contributed by atoms with Crippen LogP contribution in [0.2, 0.25) is 0 Å². The van der Waals surface area contributed by atoms with E-state index in [1.807, 2.05) is 0 Å². The summed E-state index contributed by atoms with van der Waals surface area (Å²) in [5.41, 5.74) is 4.59. The third-order valence-corrected chi connectivity index (χ3v) is 14.6. The average Bonchev–Trinajstić information content (AvgIpc) is 3.58. The number of hydrogen-bond acceptors (Lipinski definition) is 15. The maximum absolute atomic E-state index is 12.9. The number of nitrogens with zero attached hydrogens (tertiary/aromatic N) is 2. The first kappa shape index (κ1) is 63.4. The number of phosphoric acid groups is 2. The van der Waals surface area contributed by atoms with E-state index in [1.165, 1.54) is 102 Å². The number of esters is 2. The van der Waals surface area contributed by atoms with Crippen molar-refractivity contribution in [1.82, 2.24) is 9.55 Å². The summed E-state index contributed by atoms with van der Waals surface area (Å²) in [6.07, 6.45) is 31.1. The molecule has 1 aliphatic rings. The third kappa shape index (κ3) is 31.0. The molecule has 0 aromatic carbocycles. The maximum Gasteiger partial charge on any atom is 0.481 e. The van der Waals surface area contributed by atoms with Crippen molar-refractivity contribution in [2.24, 2.45) is 5.92 Å². The van der Waals surface area contributed by atoms with Gasteiger partial charge in [0.15, 0.2) is 12.3 Å². The number of anilines is 1. The standard InChI is InChI=1S/C50H89N3O15P2/c1-4-5-6-7-8-9-10-11-12-16-19-22-25-28-31-34-45(54)63-38-42(66-46(55)35-32-29-26-23-20-17-14-13-15-18-21-24-27-30-33-41(2)3)39-64-69(59,60)68-70(61,62)65-40-43-47(56)48(57)49(67-43)53-37-36-44(51)52-50(53)58/h9-12,36-37,41-43,47-49,56-57H,4-8,13-35,38-40H2,1-3H3,(H,59,60)(H,61,62)(H2,51,52,58)/b10-9-,12-11-/t42-,43-,47+,48?,49-/m1/s1. The van der Waals surface area contributed by atoms with Gasteiger partial charge in [-0.25, -0.2) is 13.9 Å². The second-order valence-corrected chi connectivity index (χ2v) is 21.9. The number of hydrogen-bond donors (Lipinski definition) is 5. The fraction of sp³-hybridized carbons (Fsp3) is 0.800. The van der Waals surface area contributed by atoms with E-state index in [-0.39, 0.29) is 18.7 Å². The normalized spacial score (nSPS) is 19.5. The first-order valence-corrected chi connectivity index (χ1v) is 29.2. The number of aromatic nitrogens is 2. The monoisotopic (exact) mass is 1030 g/mol. The minimum absolute atomic E-state index is 0.0502. The molecule has 0 spiro atoms. The predicted molar refractivity (Wildman–Crippen MR) is 270 cm³/mol. The molecule has 404 valence electrons. The zero-order valence-electron chi connectivity index (χ0n) is 42.5. The molecule has 0 aliphatic carbocycles. The van der Waals surface area contributed by atoms with Crippen LogP contribution in [0.5, 0.6) is 0 Å². The molecular formula is C50H89N3O15P2. The van der Waals surface area contributed by atoms with Gasteiger partial charge in [-0.3, -0.25) is 23.2 Å². The Morgan fingerprint density at radius 1 is 0.729 bits per heavy atom. The highest BCUT2D eigenvalue weighted by molar-refractivity contribution is 7.61. The number of aliphatic hydroxyl groups excluding tert-OH is 2. The van der Waals surface area contributed by atoms with Gasteiger partial charge in [0.1, 0.15) is 30.7 Å². The predicted octanol–water partition coefficient (Wildman–Crippen LogP) is 10.9. The molecule has 18 nitrogen and oxygen atoms in total. The highest BCUT2D eigenvalue weighted by Crippen LogP contribution is 2.60. The van der Waals surface area contributed by atoms with E-state index < -0.39 is 83.7 Å². The average molecular weight is 1030 g/mol. The molecule has 7 atom stereocenters. The van der Waals surface area contributed by atoms with Gasteiger partial charge in [0.25, 0.3) is 0 Å². The van der Waals surface area contributed by atoms with Gasteiger partial charge < -0.3 is 39.9 Å². The molecule has 0 radical (unpaired) electrons. The quantitative estimate of drug-likeness (QED) is 0.0176. The van der Waals surface area contributed by atoms with Crippen molar-refractivity contribution in [2.75, 3.05) is 25.6 Å². The summed E-state index contributed by atoms with van der Waals surface area (Å²) in [6.45, 7) is 4.46. The van der Waals surface area contributed by atoms with Crippen LogP contribution in [0, 0.1) is 5.92 Å². The van der Waals surface area contributed by atoms with Crippen LogP contribution in [-0.2, 0) is 46.3 Å². The number of carbonyl (C=O) groups is 2. The van der Waals surface area contributed by atoms with E-state index >= 15 is 0 Å². The van der Waals surface area contributed by atoms with Crippen molar-refractivity contribution in [3.8, 4) is 0 Å². The number of nitrogen functional groups attached to an aromatic ring is 1. The number of aliphatic hydroxyl groups is 2. The summed E-state index contributed by atoms with van der Waals surface area (Å²) in [5.74, 6) is -0.511. The minimum atomic E-state index is -5.42. The van der Waals surface area contributed by atoms with Gasteiger partial charge in [-0.05, 0) is 50.5 Å². The SMILES string of the molecule is CCCCCC/C=C\C=C/CCCCCCCC(=O)OC[C@H](COP(=O)(O)OP(=O)(O)OC[C@H]1O[C@@H](n2ccc(N)nc2=O)C(O)[C@H]1O)OC(=O)CCCCCCCCCCCCCCCCC(C)C. The van der Waals surface area contributed by atoms with Crippen LogP contribution >= 0.6 is 15.6 Å². The summed E-state index contributed by atoms with van der Waals surface area (Å²) in [5, 5.41) is 20.9. The second-order valence-electron chi connectivity index (χ2n) is 18.9. The van der Waals surface area contributed by atoms with Gasteiger partial charge in [0.05, 0.1) is 13.2 Å². The summed E-state index contributed by atoms with van der Waals surface area (Å²) in [7, 11) is -10.8. The van der Waals surface area contributed by atoms with Crippen LogP contribution in [0.4, 0.5) is 5.82 Å². The van der Waals surface area contributed by atoms with Gasteiger partial charge in [0, 0.05) is 19.0 Å². The Hall–Kier alpha value is -2.76. The number of ether oxygens (including phenoxy) is 3. The molecule has 0 amide bonds. The highest BCUT2D eigenvalue weighted by Gasteiger charge is 2.46. The van der Waals surface area contributed by atoms with Gasteiger partial charge in [0.2, 0.25) is 0 Å². The molecule has 1 fully saturated rings. The number of allylic oxidation sites excluding steroid dienone is 4. The fourth-order valence-electron chi connectivity index (χ4n) is 7.90. The number of carbonyl (C=O) groups excluding carboxylic acids is 2. The van der Waals surface area contributed by atoms with Crippen LogP contribution in [-0.4, -0.2) is 85.7 Å². The Bertz CT molecular complexity index is 1780. The topological polar surface area (TPSA) is 265 Å². The number of nitrogens with two attached hydrogens (primary N) is 1. The minimum Gasteiger partial charge on any atom is -0.462 e. The van der Waals surface area contributed by atoms with E-state index in [0.717, 1.165) is 74.7 Å². The molecule has 0 bridgehead atoms. The van der Waals surface area contributed by atoms with Crippen molar-refractivity contribution < 1.29 is 66.3 Å². The lowest BCUT2D eigenvalue weighted by molar-refractivity contribution is -0.161. The van der Waals surface area contributed by atoms with Gasteiger partial charge in [-0.15, -0.1) is 0 Å². The summed E-state index contributed by atoms with van der Waals surface area (Å²) < 4.78 is 56.8. The highest BCUT2D eigenvalue weighted by atomic mass is 31.3. The van der Waals surface area contributed by atoms with Crippen molar-refractivity contribution >= 4 is 33.4 Å². The first-order valence-electron chi connectivity index (χ1n) is 26.2. The molecular weight excluding hydrogens is 945 g/mol. The van der Waals surface area contributed by atoms with Crippen LogP contribution in [0.25, 0.3) is 0 Å². The van der Waals surface area contributed by atoms with Crippen molar-refractivity contribution in [1.29, 1.82) is 0 Å². The molecule has 1 aliphatic heterocycles. The van der Waals surface area contributed by atoms with Crippen LogP contribution in [0.3, 0.4) is 0 Å². The van der Waals surface area contributed by atoms with Gasteiger partial charge >= 0.3 is 33.3 Å². The zero-order valence-corrected chi connectivity index (χ0v) is 44.3. The van der Waals surface area contributed by atoms with E-state index in [2.05, 4.69) is 54.4 Å². The van der Waals surface area contributed by atoms with E-state index in [0.29, 0.717) is 12.8 Å². The van der Waals surface area contributed by atoms with Crippen molar-refractivity contribution in [3.05, 3.63) is 47.1 Å². The van der Waals surface area contributed by atoms with Crippen molar-refractivity contribution in [2.45, 2.75) is 231 Å². The van der Waals surface area contributed by atoms with Crippen LogP contribution < -0.4 is 11.4 Å². The van der Waals surface area contributed by atoms with E-state index in [1.54, 1.807) is 0 Å². The molecule has 3 unspecified atom stereocenters. The lowest BCUT2D eigenvalue weighted by Crippen LogP contribution is -2.36. The smallest absolute Gasteiger partial charge is 0.462 e. The second kappa shape index (κ2) is 37.9. The molecule has 0 saturated carbocycles. The Labute approximate surface area is 417 Å². The Kier molecular flexibility index (Phi) is 34.3. The van der Waals surface area contributed by atoms with Gasteiger partial charge in [-0.1, -0.05) is 173 Å². The molecule has 2 rings (SSSR count). The first-order chi connectivity index (χ1) is 33.5. The van der Waals surface area contributed by atoms with Crippen molar-refractivity contribution in [3.63, 3.8) is 0 Å². The molecule has 2 heterocycles. The zero-order chi connectivity index (χ0) is 51.5. The molecule has 20 heteroatoms. The Morgan fingerprint density at radius 2 is 1.23 bits per heavy atom. The number of phosphoric ester groups is 2. The largest absolute Gasteiger partial charge is 0.481 e. The number of unbranched alkanes of at least 4 members (excludes halogenated alkanes) is 22. The lowest BCUT2D eigenvalue weighted by Gasteiger charge is -2.21. The van der Waals surface area contributed by atoms with E-state index in [9.17, 15) is 43.5 Å². The molecule has 1 saturated heterocycles. The van der Waals surface area contributed by atoms with E-state index in [4.69, 9.17) is 29.0 Å². The molecule has 1 aromatic heterocycles. The summed E-state index contributed by atoms with van der Waals surface area (Å²) in [4.78, 5) is 61.9. The van der Waals surface area contributed by atoms with Gasteiger partial charge in [-0.2, -0.15) is 9.29 Å². The summed E-state index contributed by atoms with van der Waals surface area (Å²) in [6, 6.07) is 1.25. The molecule has 70 heavy (non-hydrogen) atoms. The number of rotatable bonds is 43. The maximum atomic E-state index is 12.9. The lowest BCUT2D eigenvalue weighted by atomic mass is 10.0. The Morgan fingerprint density at radius 3 is 1.77 bits per heavy atom.